The molecule has 6 heteroatoms. The van der Waals surface area contributed by atoms with Gasteiger partial charge in [-0.1, -0.05) is 28.1 Å². The van der Waals surface area contributed by atoms with Crippen molar-refractivity contribution in [2.24, 2.45) is 0 Å². The molecular weight excluding hydrogens is 342 g/mol. The van der Waals surface area contributed by atoms with Gasteiger partial charge < -0.3 is 9.52 Å². The first kappa shape index (κ1) is 13.7. The summed E-state index contributed by atoms with van der Waals surface area (Å²) in [7, 11) is 0. The number of carboxylic acid groups (broad SMARTS) is 1. The molecule has 1 aromatic carbocycles. The number of aliphatic carboxylic acids is 1. The van der Waals surface area contributed by atoms with E-state index in [9.17, 15) is 4.79 Å². The Bertz CT molecular complexity index is 626. The van der Waals surface area contributed by atoms with E-state index in [2.05, 4.69) is 21.2 Å². The molecule has 1 saturated heterocycles. The maximum Gasteiger partial charge on any atom is 0.318 e. The van der Waals surface area contributed by atoms with Gasteiger partial charge in [0.25, 0.3) is 0 Å². The fraction of sp³-hybridized carbons (Fsp3) is 0.214. The molecule has 0 bridgehead atoms. The minimum Gasteiger partial charge on any atom is -0.480 e. The van der Waals surface area contributed by atoms with E-state index in [0.29, 0.717) is 6.54 Å². The van der Waals surface area contributed by atoms with Crippen molar-refractivity contribution in [3.63, 3.8) is 0 Å². The molecule has 4 nitrogen and oxygen atoms in total. The highest BCUT2D eigenvalue weighted by atomic mass is 79.9. The lowest BCUT2D eigenvalue weighted by Crippen LogP contribution is -2.21. The van der Waals surface area contributed by atoms with E-state index in [1.54, 1.807) is 0 Å². The molecule has 0 spiro atoms. The van der Waals surface area contributed by atoms with Gasteiger partial charge in [0.15, 0.2) is 0 Å². The van der Waals surface area contributed by atoms with Crippen molar-refractivity contribution in [3.8, 4) is 11.3 Å². The van der Waals surface area contributed by atoms with Crippen LogP contribution in [-0.4, -0.2) is 22.9 Å². The van der Waals surface area contributed by atoms with Crippen LogP contribution in [0.1, 0.15) is 11.1 Å². The Morgan fingerprint density at radius 3 is 2.70 bits per heavy atom. The second-order valence-electron chi connectivity index (χ2n) is 4.46. The van der Waals surface area contributed by atoms with E-state index in [1.165, 1.54) is 11.8 Å². The fourth-order valence-electron chi connectivity index (χ4n) is 2.05. The van der Waals surface area contributed by atoms with Crippen LogP contribution < -0.4 is 5.32 Å². The van der Waals surface area contributed by atoms with Gasteiger partial charge in [-0.05, 0) is 24.3 Å². The summed E-state index contributed by atoms with van der Waals surface area (Å²) in [5.41, 5.74) is 0.997. The third-order valence-corrected chi connectivity index (χ3v) is 4.98. The summed E-state index contributed by atoms with van der Waals surface area (Å²) in [6, 6.07) is 11.7. The lowest BCUT2D eigenvalue weighted by atomic mass is 10.2. The number of rotatable bonds is 3. The van der Waals surface area contributed by atoms with Crippen LogP contribution in [0, 0.1) is 0 Å². The molecule has 2 N–H and O–H groups in total. The average Bonchev–Trinajstić information content (AvgIpc) is 3.08. The molecule has 1 fully saturated rings. The van der Waals surface area contributed by atoms with Gasteiger partial charge in [0, 0.05) is 16.6 Å². The molecule has 2 heterocycles. The topological polar surface area (TPSA) is 62.5 Å². The van der Waals surface area contributed by atoms with E-state index < -0.39 is 11.2 Å². The molecule has 2 atom stereocenters. The van der Waals surface area contributed by atoms with E-state index in [-0.39, 0.29) is 5.37 Å². The summed E-state index contributed by atoms with van der Waals surface area (Å²) >= 11 is 4.77. The fourth-order valence-corrected chi connectivity index (χ4v) is 3.41. The Morgan fingerprint density at radius 1 is 1.30 bits per heavy atom. The Hall–Kier alpha value is -1.24. The van der Waals surface area contributed by atoms with Crippen LogP contribution in [0.15, 0.2) is 45.3 Å². The number of benzene rings is 1. The van der Waals surface area contributed by atoms with Gasteiger partial charge in [0.2, 0.25) is 0 Å². The maximum atomic E-state index is 10.9. The van der Waals surface area contributed by atoms with Gasteiger partial charge in [0.1, 0.15) is 22.1 Å². The maximum absolute atomic E-state index is 10.9. The Morgan fingerprint density at radius 2 is 2.05 bits per heavy atom. The molecule has 0 saturated carbocycles. The van der Waals surface area contributed by atoms with Crippen molar-refractivity contribution >= 4 is 33.7 Å². The molecule has 1 aromatic heterocycles. The molecule has 3 rings (SSSR count). The van der Waals surface area contributed by atoms with Crippen LogP contribution in [0.4, 0.5) is 0 Å². The predicted octanol–water partition coefficient (Wildman–Crippen LogP) is 3.50. The van der Waals surface area contributed by atoms with Gasteiger partial charge in [-0.15, -0.1) is 11.8 Å². The summed E-state index contributed by atoms with van der Waals surface area (Å²) < 4.78 is 6.85. The summed E-state index contributed by atoms with van der Waals surface area (Å²) in [6.07, 6.45) is 0. The lowest BCUT2D eigenvalue weighted by Gasteiger charge is -2.05. The van der Waals surface area contributed by atoms with Crippen molar-refractivity contribution < 1.29 is 14.3 Å². The van der Waals surface area contributed by atoms with Crippen molar-refractivity contribution in [2.75, 3.05) is 6.54 Å². The van der Waals surface area contributed by atoms with Crippen molar-refractivity contribution in [1.29, 1.82) is 0 Å². The molecule has 1 aliphatic rings. The summed E-state index contributed by atoms with van der Waals surface area (Å²) in [6.45, 7) is 0.457. The summed E-state index contributed by atoms with van der Waals surface area (Å²) in [5, 5.41) is 11.6. The number of furan rings is 1. The van der Waals surface area contributed by atoms with Gasteiger partial charge in [0.05, 0.1) is 0 Å². The van der Waals surface area contributed by atoms with Gasteiger partial charge >= 0.3 is 5.97 Å². The van der Waals surface area contributed by atoms with Crippen LogP contribution in [0.5, 0.6) is 0 Å². The highest BCUT2D eigenvalue weighted by molar-refractivity contribution is 9.10. The highest BCUT2D eigenvalue weighted by Crippen LogP contribution is 2.37. The predicted molar refractivity (Wildman–Crippen MR) is 81.6 cm³/mol. The number of hydrogen-bond donors (Lipinski definition) is 2. The van der Waals surface area contributed by atoms with E-state index >= 15 is 0 Å². The number of carbonyl (C=O) groups is 1. The first-order valence-electron chi connectivity index (χ1n) is 6.11. The number of carboxylic acids is 1. The average molecular weight is 354 g/mol. The molecule has 104 valence electrons. The van der Waals surface area contributed by atoms with Crippen molar-refractivity contribution in [2.45, 2.75) is 10.6 Å². The zero-order valence-electron chi connectivity index (χ0n) is 10.4. The highest BCUT2D eigenvalue weighted by Gasteiger charge is 2.32. The standard InChI is InChI=1S/C14H12BrNO3S/c15-9-3-1-8(2-4-9)10-5-6-11(19-10)13-16-7-12(20-13)14(17)18/h1-6,12-13,16H,7H2,(H,17,18)/t12-,13+/m1/s1. The van der Waals surface area contributed by atoms with E-state index in [0.717, 1.165) is 21.6 Å². The molecule has 0 amide bonds. The van der Waals surface area contributed by atoms with Crippen molar-refractivity contribution in [3.05, 3.63) is 46.6 Å². The monoisotopic (exact) mass is 353 g/mol. The summed E-state index contributed by atoms with van der Waals surface area (Å²) in [5.74, 6) is 0.759. The molecule has 0 unspecified atom stereocenters. The van der Waals surface area contributed by atoms with Crippen LogP contribution >= 0.6 is 27.7 Å². The third-order valence-electron chi connectivity index (χ3n) is 3.08. The van der Waals surface area contributed by atoms with Crippen LogP contribution in [0.2, 0.25) is 0 Å². The Labute approximate surface area is 128 Å². The first-order chi connectivity index (χ1) is 9.63. The lowest BCUT2D eigenvalue weighted by molar-refractivity contribution is -0.136. The number of nitrogens with one attached hydrogen (secondary N) is 1. The van der Waals surface area contributed by atoms with Crippen molar-refractivity contribution in [1.82, 2.24) is 5.32 Å². The molecule has 0 aliphatic carbocycles. The molecule has 20 heavy (non-hydrogen) atoms. The summed E-state index contributed by atoms with van der Waals surface area (Å²) in [4.78, 5) is 10.9. The zero-order chi connectivity index (χ0) is 14.1. The van der Waals surface area contributed by atoms with E-state index in [4.69, 9.17) is 9.52 Å². The van der Waals surface area contributed by atoms with Crippen LogP contribution in [0.25, 0.3) is 11.3 Å². The largest absolute Gasteiger partial charge is 0.480 e. The minimum atomic E-state index is -0.787. The second kappa shape index (κ2) is 5.63. The Balaban J connectivity index is 1.77. The normalized spacial score (nSPS) is 22.1. The zero-order valence-corrected chi connectivity index (χ0v) is 12.8. The van der Waals surface area contributed by atoms with E-state index in [1.807, 2.05) is 36.4 Å². The Kier molecular flexibility index (Phi) is 3.87. The van der Waals surface area contributed by atoms with Gasteiger partial charge in [-0.25, -0.2) is 0 Å². The van der Waals surface area contributed by atoms with Crippen LogP contribution in [-0.2, 0) is 4.79 Å². The quantitative estimate of drug-likeness (QED) is 0.884. The second-order valence-corrected chi connectivity index (χ2v) is 6.69. The number of thioether (sulfide) groups is 1. The minimum absolute atomic E-state index is 0.0969. The molecule has 2 aromatic rings. The first-order valence-corrected chi connectivity index (χ1v) is 7.84. The molecule has 1 aliphatic heterocycles. The smallest absolute Gasteiger partial charge is 0.318 e. The number of halogens is 1. The number of hydrogen-bond acceptors (Lipinski definition) is 4. The third kappa shape index (κ3) is 2.77. The van der Waals surface area contributed by atoms with Crippen LogP contribution in [0.3, 0.4) is 0 Å². The van der Waals surface area contributed by atoms with Gasteiger partial charge in [-0.3, -0.25) is 10.1 Å². The molecule has 0 radical (unpaired) electrons. The molecular formula is C14H12BrNO3S. The SMILES string of the molecule is O=C(O)[C@H]1CN[C@H](c2ccc(-c3ccc(Br)cc3)o2)S1. The van der Waals surface area contributed by atoms with Gasteiger partial charge in [-0.2, -0.15) is 0 Å².